The normalized spacial score (nSPS) is 17.2. The molecule has 1 aromatic rings. The van der Waals surface area contributed by atoms with Crippen LogP contribution in [0.1, 0.15) is 12.0 Å². The van der Waals surface area contributed by atoms with E-state index in [0.29, 0.717) is 0 Å². The van der Waals surface area contributed by atoms with Crippen LogP contribution in [0.2, 0.25) is 0 Å². The van der Waals surface area contributed by atoms with Gasteiger partial charge in [0.25, 0.3) is 0 Å². The summed E-state index contributed by atoms with van der Waals surface area (Å²) >= 11 is 0. The molecule has 2 heteroatoms. The molecule has 1 aromatic carbocycles. The fourth-order valence-corrected chi connectivity index (χ4v) is 1.96. The second-order valence-electron chi connectivity index (χ2n) is 4.41. The van der Waals surface area contributed by atoms with E-state index in [9.17, 15) is 0 Å². The Morgan fingerprint density at radius 2 is 1.94 bits per heavy atom. The minimum Gasteiger partial charge on any atom is -0.497 e. The van der Waals surface area contributed by atoms with Crippen molar-refractivity contribution >= 4 is 6.08 Å². The van der Waals surface area contributed by atoms with Crippen LogP contribution in [-0.4, -0.2) is 32.1 Å². The molecule has 0 saturated heterocycles. The van der Waals surface area contributed by atoms with Gasteiger partial charge in [-0.2, -0.15) is 0 Å². The molecule has 0 N–H and O–H groups in total. The van der Waals surface area contributed by atoms with Gasteiger partial charge < -0.3 is 9.64 Å². The van der Waals surface area contributed by atoms with Gasteiger partial charge in [-0.05, 0) is 36.7 Å². The van der Waals surface area contributed by atoms with Gasteiger partial charge in [-0.1, -0.05) is 30.4 Å². The molecular formula is C15H19NO. The number of rotatable bonds is 3. The van der Waals surface area contributed by atoms with Gasteiger partial charge in [-0.25, -0.2) is 0 Å². The topological polar surface area (TPSA) is 12.5 Å². The average Bonchev–Trinajstić information content (AvgIpc) is 2.37. The van der Waals surface area contributed by atoms with E-state index in [1.165, 1.54) is 17.7 Å². The number of nitrogens with zero attached hydrogens (tertiary/aromatic N) is 1. The van der Waals surface area contributed by atoms with Gasteiger partial charge in [-0.3, -0.25) is 0 Å². The zero-order valence-electron chi connectivity index (χ0n) is 10.5. The molecule has 1 aliphatic rings. The van der Waals surface area contributed by atoms with Crippen molar-refractivity contribution in [2.24, 2.45) is 0 Å². The molecule has 0 bridgehead atoms. The SMILES string of the molecule is COc1ccc(C=CC2=CCCN(C)C2)cc1. The van der Waals surface area contributed by atoms with Gasteiger partial charge in [0.15, 0.2) is 0 Å². The van der Waals surface area contributed by atoms with Crippen LogP contribution in [0.5, 0.6) is 5.75 Å². The molecule has 0 atom stereocenters. The van der Waals surface area contributed by atoms with Crippen LogP contribution in [0.15, 0.2) is 42.0 Å². The Morgan fingerprint density at radius 1 is 1.18 bits per heavy atom. The molecule has 2 nitrogen and oxygen atoms in total. The first-order valence-corrected chi connectivity index (χ1v) is 5.97. The Hall–Kier alpha value is -1.54. The Labute approximate surface area is 103 Å². The molecule has 2 rings (SSSR count). The fraction of sp³-hybridized carbons (Fsp3) is 0.333. The summed E-state index contributed by atoms with van der Waals surface area (Å²) in [5, 5.41) is 0. The van der Waals surface area contributed by atoms with Crippen LogP contribution in [0.25, 0.3) is 6.08 Å². The second-order valence-corrected chi connectivity index (χ2v) is 4.41. The summed E-state index contributed by atoms with van der Waals surface area (Å²) in [5.74, 6) is 0.902. The molecule has 0 fully saturated rings. The minimum absolute atomic E-state index is 0.902. The number of ether oxygens (including phenoxy) is 1. The largest absolute Gasteiger partial charge is 0.497 e. The molecule has 0 unspecified atom stereocenters. The highest BCUT2D eigenvalue weighted by molar-refractivity contribution is 5.54. The number of benzene rings is 1. The highest BCUT2D eigenvalue weighted by Crippen LogP contribution is 2.14. The quantitative estimate of drug-likeness (QED) is 0.790. The summed E-state index contributed by atoms with van der Waals surface area (Å²) in [4.78, 5) is 2.34. The van der Waals surface area contributed by atoms with E-state index in [0.717, 1.165) is 18.7 Å². The van der Waals surface area contributed by atoms with Gasteiger partial charge in [0.2, 0.25) is 0 Å². The summed E-state index contributed by atoms with van der Waals surface area (Å²) in [6.07, 6.45) is 7.83. The standard InChI is InChI=1S/C15H19NO/c1-16-11-3-4-14(12-16)6-5-13-7-9-15(17-2)10-8-13/h4-10H,3,11-12H2,1-2H3. The first kappa shape index (κ1) is 11.9. The summed E-state index contributed by atoms with van der Waals surface area (Å²) in [6.45, 7) is 2.21. The van der Waals surface area contributed by atoms with Crippen LogP contribution in [0.3, 0.4) is 0 Å². The van der Waals surface area contributed by atoms with Gasteiger partial charge >= 0.3 is 0 Å². The van der Waals surface area contributed by atoms with Gasteiger partial charge in [-0.15, -0.1) is 0 Å². The van der Waals surface area contributed by atoms with Crippen molar-refractivity contribution in [1.29, 1.82) is 0 Å². The maximum Gasteiger partial charge on any atom is 0.118 e. The third kappa shape index (κ3) is 3.46. The molecule has 0 aromatic heterocycles. The second kappa shape index (κ2) is 5.69. The third-order valence-electron chi connectivity index (χ3n) is 2.98. The lowest BCUT2D eigenvalue weighted by molar-refractivity contribution is 0.358. The van der Waals surface area contributed by atoms with Crippen molar-refractivity contribution in [2.45, 2.75) is 6.42 Å². The van der Waals surface area contributed by atoms with E-state index >= 15 is 0 Å². The first-order valence-electron chi connectivity index (χ1n) is 5.97. The van der Waals surface area contributed by atoms with Crippen LogP contribution in [0.4, 0.5) is 0 Å². The molecule has 90 valence electrons. The van der Waals surface area contributed by atoms with E-state index in [4.69, 9.17) is 4.74 Å². The lowest BCUT2D eigenvalue weighted by atomic mass is 10.1. The smallest absolute Gasteiger partial charge is 0.118 e. The summed E-state index contributed by atoms with van der Waals surface area (Å²) < 4.78 is 5.14. The van der Waals surface area contributed by atoms with E-state index < -0.39 is 0 Å². The summed E-state index contributed by atoms with van der Waals surface area (Å²) in [7, 11) is 3.85. The van der Waals surface area contributed by atoms with Gasteiger partial charge in [0.1, 0.15) is 5.75 Å². The Balaban J connectivity index is 2.01. The van der Waals surface area contributed by atoms with Gasteiger partial charge in [0.05, 0.1) is 7.11 Å². The zero-order valence-corrected chi connectivity index (χ0v) is 10.5. The monoisotopic (exact) mass is 229 g/mol. The maximum absolute atomic E-state index is 5.14. The number of hydrogen-bond acceptors (Lipinski definition) is 2. The molecule has 1 heterocycles. The van der Waals surface area contributed by atoms with Crippen molar-refractivity contribution in [3.63, 3.8) is 0 Å². The van der Waals surface area contributed by atoms with Gasteiger partial charge in [0, 0.05) is 13.1 Å². The predicted octanol–water partition coefficient (Wildman–Crippen LogP) is 2.97. The molecule has 1 aliphatic heterocycles. The Bertz CT molecular complexity index is 417. The summed E-state index contributed by atoms with van der Waals surface area (Å²) in [5.41, 5.74) is 2.61. The van der Waals surface area contributed by atoms with Crippen molar-refractivity contribution in [2.75, 3.05) is 27.2 Å². The first-order chi connectivity index (χ1) is 8.28. The van der Waals surface area contributed by atoms with Crippen LogP contribution >= 0.6 is 0 Å². The highest BCUT2D eigenvalue weighted by Gasteiger charge is 2.05. The molecular weight excluding hydrogens is 210 g/mol. The molecule has 0 saturated carbocycles. The molecule has 0 aliphatic carbocycles. The Morgan fingerprint density at radius 3 is 2.59 bits per heavy atom. The van der Waals surface area contributed by atoms with Crippen LogP contribution in [-0.2, 0) is 0 Å². The Kier molecular flexibility index (Phi) is 3.99. The maximum atomic E-state index is 5.14. The van der Waals surface area contributed by atoms with E-state index in [1.54, 1.807) is 7.11 Å². The lowest BCUT2D eigenvalue weighted by Crippen LogP contribution is -2.24. The zero-order chi connectivity index (χ0) is 12.1. The average molecular weight is 229 g/mol. The van der Waals surface area contributed by atoms with Crippen molar-refractivity contribution < 1.29 is 4.74 Å². The number of methoxy groups -OCH3 is 1. The minimum atomic E-state index is 0.902. The number of hydrogen-bond donors (Lipinski definition) is 0. The predicted molar refractivity (Wildman–Crippen MR) is 72.2 cm³/mol. The van der Waals surface area contributed by atoms with E-state index in [2.05, 4.69) is 42.3 Å². The molecule has 0 spiro atoms. The number of likely N-dealkylation sites (N-methyl/N-ethyl adjacent to an activating group) is 1. The van der Waals surface area contributed by atoms with Crippen molar-refractivity contribution in [1.82, 2.24) is 4.90 Å². The highest BCUT2D eigenvalue weighted by atomic mass is 16.5. The molecule has 0 amide bonds. The molecule has 0 radical (unpaired) electrons. The van der Waals surface area contributed by atoms with Crippen molar-refractivity contribution in [3.05, 3.63) is 47.6 Å². The van der Waals surface area contributed by atoms with Crippen LogP contribution in [0, 0.1) is 0 Å². The van der Waals surface area contributed by atoms with E-state index in [1.807, 2.05) is 12.1 Å². The van der Waals surface area contributed by atoms with Crippen molar-refractivity contribution in [3.8, 4) is 5.75 Å². The van der Waals surface area contributed by atoms with Crippen LogP contribution < -0.4 is 4.74 Å². The lowest BCUT2D eigenvalue weighted by Gasteiger charge is -2.20. The van der Waals surface area contributed by atoms with E-state index in [-0.39, 0.29) is 0 Å². The fourth-order valence-electron chi connectivity index (χ4n) is 1.96. The summed E-state index contributed by atoms with van der Waals surface area (Å²) in [6, 6.07) is 8.12. The molecule has 17 heavy (non-hydrogen) atoms. The third-order valence-corrected chi connectivity index (χ3v) is 2.98.